The predicted molar refractivity (Wildman–Crippen MR) is 97.7 cm³/mol. The molecule has 5 rings (SSSR count). The van der Waals surface area contributed by atoms with E-state index in [2.05, 4.69) is 36.8 Å². The predicted octanol–water partition coefficient (Wildman–Crippen LogP) is 2.79. The van der Waals surface area contributed by atoms with Crippen LogP contribution in [0.3, 0.4) is 0 Å². The number of aromatic nitrogens is 5. The monoisotopic (exact) mass is 352 g/mol. The Hall–Kier alpha value is -2.44. The van der Waals surface area contributed by atoms with Gasteiger partial charge in [-0.15, -0.1) is 10.2 Å². The number of aromatic amines is 1. The van der Waals surface area contributed by atoms with Crippen LogP contribution < -0.4 is 5.32 Å². The molecule has 0 spiro atoms. The van der Waals surface area contributed by atoms with Crippen LogP contribution in [0.25, 0.3) is 16.8 Å². The first-order valence-electron chi connectivity index (χ1n) is 9.69. The number of amides is 1. The van der Waals surface area contributed by atoms with Crippen molar-refractivity contribution in [2.45, 2.75) is 57.4 Å². The van der Waals surface area contributed by atoms with Crippen LogP contribution in [0, 0.1) is 11.8 Å². The first-order chi connectivity index (χ1) is 12.7. The van der Waals surface area contributed by atoms with Gasteiger partial charge in [0.15, 0.2) is 11.3 Å². The quantitative estimate of drug-likeness (QED) is 0.739. The Morgan fingerprint density at radius 3 is 3.04 bits per heavy atom. The van der Waals surface area contributed by atoms with Crippen LogP contribution >= 0.6 is 0 Å². The summed E-state index contributed by atoms with van der Waals surface area (Å²) in [7, 11) is 0. The normalized spacial score (nSPS) is 26.0. The molecule has 0 saturated heterocycles. The summed E-state index contributed by atoms with van der Waals surface area (Å²) in [5, 5.41) is 12.0. The molecule has 0 aliphatic heterocycles. The minimum atomic E-state index is 0.219. The minimum Gasteiger partial charge on any atom is -0.353 e. The van der Waals surface area contributed by atoms with Crippen molar-refractivity contribution >= 4 is 22.7 Å². The van der Waals surface area contributed by atoms with Crippen molar-refractivity contribution in [1.29, 1.82) is 0 Å². The van der Waals surface area contributed by atoms with Crippen LogP contribution in [-0.2, 0) is 4.79 Å². The lowest BCUT2D eigenvalue weighted by atomic mass is 9.93. The van der Waals surface area contributed by atoms with Crippen molar-refractivity contribution in [3.05, 3.63) is 24.3 Å². The van der Waals surface area contributed by atoms with Gasteiger partial charge in [0.25, 0.3) is 0 Å². The molecule has 1 amide bonds. The highest BCUT2D eigenvalue weighted by Crippen LogP contribution is 2.45. The molecule has 26 heavy (non-hydrogen) atoms. The van der Waals surface area contributed by atoms with Gasteiger partial charge in [-0.1, -0.05) is 13.3 Å². The molecule has 0 aromatic carbocycles. The largest absolute Gasteiger partial charge is 0.353 e. The Labute approximate surface area is 151 Å². The van der Waals surface area contributed by atoms with E-state index >= 15 is 0 Å². The van der Waals surface area contributed by atoms with Crippen LogP contribution in [0.15, 0.2) is 18.5 Å². The highest BCUT2D eigenvalue weighted by Gasteiger charge is 2.38. The third kappa shape index (κ3) is 2.66. The fourth-order valence-corrected chi connectivity index (χ4v) is 4.59. The number of carbonyl (C=O) groups is 1. The van der Waals surface area contributed by atoms with E-state index in [1.54, 1.807) is 6.20 Å². The third-order valence-electron chi connectivity index (χ3n) is 6.03. The summed E-state index contributed by atoms with van der Waals surface area (Å²) >= 11 is 0. The number of nitrogens with zero attached hydrogens (tertiary/aromatic N) is 4. The number of fused-ring (bicyclic) bond motifs is 3. The van der Waals surface area contributed by atoms with Gasteiger partial charge < -0.3 is 10.3 Å². The van der Waals surface area contributed by atoms with E-state index in [0.717, 1.165) is 54.7 Å². The molecule has 7 nitrogen and oxygen atoms in total. The molecule has 2 saturated carbocycles. The average molecular weight is 352 g/mol. The van der Waals surface area contributed by atoms with Crippen molar-refractivity contribution in [2.75, 3.05) is 0 Å². The molecule has 136 valence electrons. The van der Waals surface area contributed by atoms with Gasteiger partial charge in [-0.25, -0.2) is 4.98 Å². The Bertz CT molecular complexity index is 955. The fourth-order valence-electron chi connectivity index (χ4n) is 4.59. The minimum absolute atomic E-state index is 0.219. The number of hydrogen-bond donors (Lipinski definition) is 2. The molecule has 0 bridgehead atoms. The molecule has 3 heterocycles. The number of H-pyrrole nitrogens is 1. The van der Waals surface area contributed by atoms with Gasteiger partial charge in [-0.05, 0) is 43.6 Å². The number of rotatable bonds is 5. The summed E-state index contributed by atoms with van der Waals surface area (Å²) in [6, 6.07) is 2.47. The maximum Gasteiger partial charge on any atom is 0.220 e. The van der Waals surface area contributed by atoms with Gasteiger partial charge in [0.05, 0.1) is 11.7 Å². The zero-order chi connectivity index (χ0) is 17.7. The molecule has 2 aliphatic rings. The van der Waals surface area contributed by atoms with Crippen molar-refractivity contribution in [1.82, 2.24) is 29.9 Å². The lowest BCUT2D eigenvalue weighted by molar-refractivity contribution is -0.122. The van der Waals surface area contributed by atoms with Crippen LogP contribution in [-0.4, -0.2) is 36.5 Å². The van der Waals surface area contributed by atoms with E-state index in [-0.39, 0.29) is 5.91 Å². The van der Waals surface area contributed by atoms with E-state index in [4.69, 9.17) is 0 Å². The Morgan fingerprint density at radius 1 is 1.35 bits per heavy atom. The van der Waals surface area contributed by atoms with Crippen LogP contribution in [0.5, 0.6) is 0 Å². The van der Waals surface area contributed by atoms with Crippen molar-refractivity contribution in [2.24, 2.45) is 11.8 Å². The van der Waals surface area contributed by atoms with Crippen LogP contribution in [0.4, 0.5) is 0 Å². The Kier molecular flexibility index (Phi) is 3.69. The van der Waals surface area contributed by atoms with Gasteiger partial charge in [0.1, 0.15) is 5.82 Å². The molecule has 2 N–H and O–H groups in total. The lowest BCUT2D eigenvalue weighted by Crippen LogP contribution is -2.26. The number of carbonyl (C=O) groups excluding carboxylic acids is 1. The van der Waals surface area contributed by atoms with Gasteiger partial charge in [-0.3, -0.25) is 9.20 Å². The van der Waals surface area contributed by atoms with Crippen LogP contribution in [0.2, 0.25) is 0 Å². The first-order valence-corrected chi connectivity index (χ1v) is 9.69. The van der Waals surface area contributed by atoms with Crippen molar-refractivity contribution in [3.8, 4) is 0 Å². The molecular weight excluding hydrogens is 328 g/mol. The molecule has 2 aliphatic carbocycles. The summed E-state index contributed by atoms with van der Waals surface area (Å²) in [6.07, 6.45) is 9.79. The molecule has 3 unspecified atom stereocenters. The van der Waals surface area contributed by atoms with Crippen LogP contribution in [0.1, 0.15) is 57.2 Å². The highest BCUT2D eigenvalue weighted by atomic mass is 16.1. The number of nitrogens with one attached hydrogen (secondary N) is 2. The third-order valence-corrected chi connectivity index (χ3v) is 6.03. The van der Waals surface area contributed by atoms with Gasteiger partial charge in [0.2, 0.25) is 5.91 Å². The van der Waals surface area contributed by atoms with E-state index < -0.39 is 0 Å². The molecular formula is C19H24N6O. The lowest BCUT2D eigenvalue weighted by Gasteiger charge is -2.16. The molecule has 3 aromatic heterocycles. The van der Waals surface area contributed by atoms with Crippen molar-refractivity contribution in [3.63, 3.8) is 0 Å². The van der Waals surface area contributed by atoms with Crippen molar-refractivity contribution < 1.29 is 4.79 Å². The summed E-state index contributed by atoms with van der Waals surface area (Å²) in [4.78, 5) is 19.8. The summed E-state index contributed by atoms with van der Waals surface area (Å²) in [6.45, 7) is 2.24. The second kappa shape index (κ2) is 6.07. The fraction of sp³-hybridized carbons (Fsp3) is 0.579. The average Bonchev–Trinajstić information content (AvgIpc) is 3.03. The molecule has 0 radical (unpaired) electrons. The molecule has 7 heteroatoms. The van der Waals surface area contributed by atoms with E-state index in [0.29, 0.717) is 30.2 Å². The molecule has 3 aromatic rings. The molecule has 3 atom stereocenters. The van der Waals surface area contributed by atoms with Gasteiger partial charge >= 0.3 is 0 Å². The summed E-state index contributed by atoms with van der Waals surface area (Å²) < 4.78 is 2.14. The van der Waals surface area contributed by atoms with Gasteiger partial charge in [-0.2, -0.15) is 0 Å². The second-order valence-corrected chi connectivity index (χ2v) is 7.88. The Morgan fingerprint density at radius 2 is 2.23 bits per heavy atom. The van der Waals surface area contributed by atoms with E-state index in [9.17, 15) is 4.79 Å². The SMILES string of the molecule is CCC1CC(CC(=O)NC2CC2)CC1c1nnc2cnc3[nH]ccc3n12. The Balaban J connectivity index is 1.44. The highest BCUT2D eigenvalue weighted by molar-refractivity contribution is 5.77. The van der Waals surface area contributed by atoms with Gasteiger partial charge in [0, 0.05) is 24.6 Å². The molecule has 2 fully saturated rings. The zero-order valence-electron chi connectivity index (χ0n) is 15.0. The van der Waals surface area contributed by atoms with E-state index in [1.165, 1.54) is 0 Å². The smallest absolute Gasteiger partial charge is 0.220 e. The standard InChI is InChI=1S/C19H24N6O/c1-2-12-7-11(9-17(26)22-13-3-4-13)8-14(12)19-24-23-16-10-21-18-15(25(16)19)5-6-20-18/h5-6,10-14,20H,2-4,7-9H2,1H3,(H,22,26). The maximum absolute atomic E-state index is 12.2. The topological polar surface area (TPSA) is 88.0 Å². The summed E-state index contributed by atoms with van der Waals surface area (Å²) in [5.41, 5.74) is 2.66. The number of hydrogen-bond acceptors (Lipinski definition) is 4. The zero-order valence-corrected chi connectivity index (χ0v) is 15.0. The first kappa shape index (κ1) is 15.8. The van der Waals surface area contributed by atoms with E-state index in [1.807, 2.05) is 12.3 Å². The second-order valence-electron chi connectivity index (χ2n) is 7.88. The maximum atomic E-state index is 12.2. The summed E-state index contributed by atoms with van der Waals surface area (Å²) in [5.74, 6) is 2.55.